The molecule has 0 fully saturated rings. The van der Waals surface area contributed by atoms with E-state index in [-0.39, 0.29) is 24.2 Å². The summed E-state index contributed by atoms with van der Waals surface area (Å²) in [6.45, 7) is 7.00. The molecule has 0 aliphatic carbocycles. The summed E-state index contributed by atoms with van der Waals surface area (Å²) in [5, 5.41) is 5.94. The minimum atomic E-state index is -0.540. The number of carbonyl (C=O) groups is 2. The van der Waals surface area contributed by atoms with Gasteiger partial charge in [-0.15, -0.1) is 0 Å². The number of ketones is 1. The van der Waals surface area contributed by atoms with E-state index < -0.39 is 17.9 Å². The molecule has 0 radical (unpaired) electrons. The summed E-state index contributed by atoms with van der Waals surface area (Å²) < 4.78 is 15.3. The van der Waals surface area contributed by atoms with Gasteiger partial charge in [0.1, 0.15) is 0 Å². The van der Waals surface area contributed by atoms with E-state index in [2.05, 4.69) is 10.5 Å². The van der Waals surface area contributed by atoms with Gasteiger partial charge in [0.25, 0.3) is 0 Å². The van der Waals surface area contributed by atoms with Crippen LogP contribution in [0.15, 0.2) is 24.3 Å². The second-order valence-corrected chi connectivity index (χ2v) is 5.79. The van der Waals surface area contributed by atoms with Crippen molar-refractivity contribution in [1.82, 2.24) is 15.3 Å². The summed E-state index contributed by atoms with van der Waals surface area (Å²) in [4.78, 5) is 24.2. The molecule has 1 aliphatic rings. The summed E-state index contributed by atoms with van der Waals surface area (Å²) >= 11 is 0. The zero-order chi connectivity index (χ0) is 17.0. The molecule has 0 saturated carbocycles. The molecule has 23 heavy (non-hydrogen) atoms. The number of hydrogen-bond acceptors (Lipinski definition) is 4. The van der Waals surface area contributed by atoms with Crippen LogP contribution in [-0.2, 0) is 9.59 Å². The van der Waals surface area contributed by atoms with Crippen LogP contribution in [0.2, 0.25) is 0 Å². The standard InChI is InChI=1S/C14H19B3FN3O2/c1-8(22)6-12(10-4-3-5-11(18)7-10)19-14(23)13(9(2)20-15)21-16-17-21/h3-5,7,9,12-13,20H,6,15H2,1-2H3,(H,19,23)/t9-,12-,13-/m0/s1. The van der Waals surface area contributed by atoms with Gasteiger partial charge in [-0.2, -0.15) is 0 Å². The zero-order valence-electron chi connectivity index (χ0n) is 13.5. The molecule has 9 heteroatoms. The van der Waals surface area contributed by atoms with Gasteiger partial charge in [0.05, 0.1) is 0 Å². The summed E-state index contributed by atoms with van der Waals surface area (Å²) in [5.74, 6) is -0.659. The average molecular weight is 313 g/mol. The van der Waals surface area contributed by atoms with E-state index in [1.165, 1.54) is 19.1 Å². The molecule has 1 amide bonds. The third-order valence-electron chi connectivity index (χ3n) is 3.90. The fourth-order valence-corrected chi connectivity index (χ4v) is 2.52. The molecule has 0 aromatic heterocycles. The zero-order valence-corrected chi connectivity index (χ0v) is 13.5. The number of nitrogens with zero attached hydrogens (tertiary/aromatic N) is 1. The minimum absolute atomic E-state index is 0.0670. The van der Waals surface area contributed by atoms with Crippen LogP contribution in [0.3, 0.4) is 0 Å². The molecule has 0 unspecified atom stereocenters. The van der Waals surface area contributed by atoms with E-state index in [4.69, 9.17) is 0 Å². The maximum atomic E-state index is 13.5. The number of Topliss-reactive ketones (excluding diaryl/α,β-unsaturated/α-hetero) is 1. The molecule has 3 atom stereocenters. The van der Waals surface area contributed by atoms with Gasteiger partial charge in [0.15, 0.2) is 0 Å². The summed E-state index contributed by atoms with van der Waals surface area (Å²) in [6, 6.07) is 4.95. The summed E-state index contributed by atoms with van der Waals surface area (Å²) in [7, 11) is 1.79. The molecule has 1 aromatic rings. The first-order chi connectivity index (χ1) is 10.9. The Morgan fingerprint density at radius 2 is 2.09 bits per heavy atom. The first kappa shape index (κ1) is 17.6. The number of carbonyl (C=O) groups excluding carboxylic acids is 2. The van der Waals surface area contributed by atoms with Crippen molar-refractivity contribution in [3.05, 3.63) is 35.6 Å². The van der Waals surface area contributed by atoms with Crippen LogP contribution in [-0.4, -0.2) is 50.4 Å². The van der Waals surface area contributed by atoms with Gasteiger partial charge in [-0.05, 0) is 0 Å². The fraction of sp³-hybridized carbons (Fsp3) is 0.429. The molecule has 2 N–H and O–H groups in total. The SMILES string of the molecule is BN[C@@H](C)[C@@H](C(=O)N[C@@H](CC(C)=O)c1cccc(F)c1)N1B=B1. The normalized spacial score (nSPS) is 15.9. The van der Waals surface area contributed by atoms with E-state index in [9.17, 15) is 14.0 Å². The van der Waals surface area contributed by atoms with Gasteiger partial charge in [0, 0.05) is 0 Å². The first-order valence-electron chi connectivity index (χ1n) is 7.60. The molecule has 1 aromatic carbocycles. The number of rotatable bonds is 8. The molecule has 1 aliphatic heterocycles. The Kier molecular flexibility index (Phi) is 5.88. The number of amides is 1. The molecule has 0 spiro atoms. The van der Waals surface area contributed by atoms with Crippen LogP contribution in [0, 0.1) is 5.82 Å². The molecule has 5 nitrogen and oxygen atoms in total. The third kappa shape index (κ3) is 4.86. The molecule has 0 bridgehead atoms. The van der Waals surface area contributed by atoms with Crippen LogP contribution < -0.4 is 10.5 Å². The van der Waals surface area contributed by atoms with E-state index in [1.807, 2.05) is 25.5 Å². The van der Waals surface area contributed by atoms with Crippen LogP contribution in [0.4, 0.5) is 4.39 Å². The number of hydrogen-bond donors (Lipinski definition) is 2. The average Bonchev–Trinajstić information content (AvgIpc) is 3.30. The molecule has 2 rings (SSSR count). The monoisotopic (exact) mass is 313 g/mol. The van der Waals surface area contributed by atoms with Crippen LogP contribution in [0.1, 0.15) is 31.9 Å². The number of halogens is 1. The Hall–Kier alpha value is -1.76. The van der Waals surface area contributed by atoms with Gasteiger partial charge < -0.3 is 0 Å². The van der Waals surface area contributed by atoms with Crippen molar-refractivity contribution in [2.45, 2.75) is 38.4 Å². The predicted octanol–water partition coefficient (Wildman–Crippen LogP) is -0.674. The quantitative estimate of drug-likeness (QED) is 0.625. The van der Waals surface area contributed by atoms with Crippen molar-refractivity contribution in [2.24, 2.45) is 0 Å². The van der Waals surface area contributed by atoms with Crippen molar-refractivity contribution < 1.29 is 14.0 Å². The molecular weight excluding hydrogens is 294 g/mol. The molecular formula is C14H19B3FN3O2. The Labute approximate surface area is 137 Å². The third-order valence-corrected chi connectivity index (χ3v) is 3.90. The topological polar surface area (TPSA) is 61.2 Å². The molecule has 118 valence electrons. The van der Waals surface area contributed by atoms with Crippen molar-refractivity contribution in [2.75, 3.05) is 0 Å². The second-order valence-electron chi connectivity index (χ2n) is 5.79. The first-order valence-corrected chi connectivity index (χ1v) is 7.60. The second kappa shape index (κ2) is 7.68. The van der Waals surface area contributed by atoms with Gasteiger partial charge in [0.2, 0.25) is 0 Å². The van der Waals surface area contributed by atoms with E-state index in [0.29, 0.717) is 5.56 Å². The predicted molar refractivity (Wildman–Crippen MR) is 90.9 cm³/mol. The van der Waals surface area contributed by atoms with Crippen molar-refractivity contribution in [1.29, 1.82) is 0 Å². The van der Waals surface area contributed by atoms with Gasteiger partial charge in [-0.1, -0.05) is 0 Å². The van der Waals surface area contributed by atoms with Gasteiger partial charge in [-0.25, -0.2) is 0 Å². The number of benzene rings is 1. The Balaban J connectivity index is 2.16. The van der Waals surface area contributed by atoms with Crippen LogP contribution >= 0.6 is 0 Å². The Morgan fingerprint density at radius 3 is 2.61 bits per heavy atom. The van der Waals surface area contributed by atoms with Crippen molar-refractivity contribution >= 4 is 33.5 Å². The molecule has 1 heterocycles. The Morgan fingerprint density at radius 1 is 1.39 bits per heavy atom. The Bertz CT molecular complexity index is 623. The van der Waals surface area contributed by atoms with E-state index in [1.54, 1.807) is 20.1 Å². The van der Waals surface area contributed by atoms with Gasteiger partial charge in [-0.3, -0.25) is 0 Å². The van der Waals surface area contributed by atoms with Crippen LogP contribution in [0.5, 0.6) is 0 Å². The fourth-order valence-electron chi connectivity index (χ4n) is 2.52. The summed E-state index contributed by atoms with van der Waals surface area (Å²) in [6.07, 6.45) is 0.128. The maximum absolute atomic E-state index is 13.5. The summed E-state index contributed by atoms with van der Waals surface area (Å²) in [5.41, 5.74) is 0.586. The molecule has 0 saturated heterocycles. The van der Waals surface area contributed by atoms with E-state index in [0.717, 1.165) is 0 Å². The van der Waals surface area contributed by atoms with Crippen LogP contribution in [0.25, 0.3) is 0 Å². The van der Waals surface area contributed by atoms with Gasteiger partial charge >= 0.3 is 137 Å². The van der Waals surface area contributed by atoms with Crippen molar-refractivity contribution in [3.63, 3.8) is 0 Å². The number of nitrogens with one attached hydrogen (secondary N) is 2. The van der Waals surface area contributed by atoms with Crippen molar-refractivity contribution in [3.8, 4) is 0 Å². The van der Waals surface area contributed by atoms with E-state index >= 15 is 0 Å².